The monoisotopic (exact) mass is 175 g/mol. The summed E-state index contributed by atoms with van der Waals surface area (Å²) < 4.78 is 0.931. The highest BCUT2D eigenvalue weighted by Crippen LogP contribution is 2.14. The molecule has 0 spiro atoms. The van der Waals surface area contributed by atoms with Crippen molar-refractivity contribution < 1.29 is 5.11 Å². The molecule has 0 unspecified atom stereocenters. The van der Waals surface area contributed by atoms with Crippen molar-refractivity contribution in [3.8, 4) is 0 Å². The molecule has 44 valence electrons. The Morgan fingerprint density at radius 2 is 2.38 bits per heavy atom. The summed E-state index contributed by atoms with van der Waals surface area (Å²) in [6, 6.07) is 0. The number of aliphatic hydroxyl groups is 1. The van der Waals surface area contributed by atoms with Gasteiger partial charge >= 0.3 is 0 Å². The number of hydrogen-bond donors (Lipinski definition) is 2. The molecular weight excluding hydrogens is 170 g/mol. The van der Waals surface area contributed by atoms with Crippen LogP contribution in [0.2, 0.25) is 0 Å². The van der Waals surface area contributed by atoms with Crippen molar-refractivity contribution in [2.75, 3.05) is 0 Å². The van der Waals surface area contributed by atoms with Crippen LogP contribution in [0.1, 0.15) is 5.56 Å². The molecule has 0 saturated heterocycles. The van der Waals surface area contributed by atoms with Gasteiger partial charge in [0.25, 0.3) is 0 Å². The second-order valence-electron chi connectivity index (χ2n) is 1.49. The van der Waals surface area contributed by atoms with Crippen LogP contribution >= 0.6 is 15.9 Å². The Kier molecular flexibility index (Phi) is 1.70. The smallest absolute Gasteiger partial charge is 0.0707 e. The summed E-state index contributed by atoms with van der Waals surface area (Å²) >= 11 is 3.24. The lowest BCUT2D eigenvalue weighted by molar-refractivity contribution is 0.281. The molecule has 2 nitrogen and oxygen atoms in total. The number of halogens is 1. The van der Waals surface area contributed by atoms with E-state index in [1.807, 2.05) is 0 Å². The third-order valence-corrected chi connectivity index (χ3v) is 1.68. The first-order chi connectivity index (χ1) is 3.84. The van der Waals surface area contributed by atoms with Crippen LogP contribution in [-0.2, 0) is 6.61 Å². The zero-order valence-electron chi connectivity index (χ0n) is 4.19. The van der Waals surface area contributed by atoms with E-state index in [9.17, 15) is 0 Å². The molecule has 0 aliphatic rings. The summed E-state index contributed by atoms with van der Waals surface area (Å²) in [6.45, 7) is 0.0874. The minimum atomic E-state index is 0.0874. The molecule has 0 amide bonds. The summed E-state index contributed by atoms with van der Waals surface area (Å²) in [5, 5.41) is 8.56. The van der Waals surface area contributed by atoms with Crippen molar-refractivity contribution in [1.82, 2.24) is 4.98 Å². The van der Waals surface area contributed by atoms with E-state index in [0.29, 0.717) is 0 Å². The van der Waals surface area contributed by atoms with Gasteiger partial charge in [-0.05, 0) is 15.9 Å². The van der Waals surface area contributed by atoms with Crippen molar-refractivity contribution >= 4 is 15.9 Å². The molecule has 0 bridgehead atoms. The van der Waals surface area contributed by atoms with Crippen LogP contribution in [0, 0.1) is 0 Å². The fourth-order valence-electron chi connectivity index (χ4n) is 0.498. The first-order valence-corrected chi connectivity index (χ1v) is 3.06. The van der Waals surface area contributed by atoms with Gasteiger partial charge in [-0.1, -0.05) is 0 Å². The summed E-state index contributed by atoms with van der Waals surface area (Å²) in [5.74, 6) is 0. The third-order valence-electron chi connectivity index (χ3n) is 0.945. The van der Waals surface area contributed by atoms with Crippen LogP contribution in [0.4, 0.5) is 0 Å². The molecule has 0 aliphatic heterocycles. The standard InChI is InChI=1S/C5H6BrNO/c6-5-2-7-1-4(5)3-8/h1-2,7-8H,3H2. The molecule has 0 aliphatic carbocycles. The zero-order chi connectivity index (χ0) is 5.98. The Morgan fingerprint density at radius 3 is 2.62 bits per heavy atom. The van der Waals surface area contributed by atoms with E-state index in [2.05, 4.69) is 20.9 Å². The second-order valence-corrected chi connectivity index (χ2v) is 2.34. The van der Waals surface area contributed by atoms with E-state index in [4.69, 9.17) is 5.11 Å². The zero-order valence-corrected chi connectivity index (χ0v) is 5.77. The van der Waals surface area contributed by atoms with E-state index in [-0.39, 0.29) is 6.61 Å². The van der Waals surface area contributed by atoms with Gasteiger partial charge in [-0.15, -0.1) is 0 Å². The number of H-pyrrole nitrogens is 1. The summed E-state index contributed by atoms with van der Waals surface area (Å²) in [7, 11) is 0. The fraction of sp³-hybridized carbons (Fsp3) is 0.200. The minimum absolute atomic E-state index is 0.0874. The summed E-state index contributed by atoms with van der Waals surface area (Å²) in [6.07, 6.45) is 3.54. The Hall–Kier alpha value is -0.280. The largest absolute Gasteiger partial charge is 0.392 e. The SMILES string of the molecule is OCc1c[nH]cc1Br. The topological polar surface area (TPSA) is 36.0 Å². The van der Waals surface area contributed by atoms with Gasteiger partial charge in [-0.3, -0.25) is 0 Å². The van der Waals surface area contributed by atoms with E-state index in [1.54, 1.807) is 12.4 Å². The van der Waals surface area contributed by atoms with Crippen LogP contribution in [0.3, 0.4) is 0 Å². The molecule has 1 aromatic heterocycles. The highest BCUT2D eigenvalue weighted by molar-refractivity contribution is 9.10. The van der Waals surface area contributed by atoms with Crippen molar-refractivity contribution in [3.05, 3.63) is 22.4 Å². The molecule has 0 atom stereocenters. The van der Waals surface area contributed by atoms with Gasteiger partial charge in [-0.25, -0.2) is 0 Å². The molecule has 0 aromatic carbocycles. The molecule has 1 aromatic rings. The van der Waals surface area contributed by atoms with Crippen molar-refractivity contribution in [2.45, 2.75) is 6.61 Å². The molecule has 3 heteroatoms. The van der Waals surface area contributed by atoms with Crippen LogP contribution in [0.25, 0.3) is 0 Å². The Morgan fingerprint density at radius 1 is 1.62 bits per heavy atom. The van der Waals surface area contributed by atoms with Gasteiger partial charge in [0, 0.05) is 22.4 Å². The maximum atomic E-state index is 8.56. The normalized spacial score (nSPS) is 9.75. The number of aliphatic hydroxyl groups excluding tert-OH is 1. The lowest BCUT2D eigenvalue weighted by Crippen LogP contribution is -1.76. The first-order valence-electron chi connectivity index (χ1n) is 2.26. The Balaban J connectivity index is 2.92. The van der Waals surface area contributed by atoms with Crippen molar-refractivity contribution in [1.29, 1.82) is 0 Å². The van der Waals surface area contributed by atoms with Crippen molar-refractivity contribution in [2.24, 2.45) is 0 Å². The molecule has 0 radical (unpaired) electrons. The first kappa shape index (κ1) is 5.85. The lowest BCUT2D eigenvalue weighted by Gasteiger charge is -1.85. The average Bonchev–Trinajstić information content (AvgIpc) is 2.14. The second kappa shape index (κ2) is 2.33. The van der Waals surface area contributed by atoms with Crippen LogP contribution < -0.4 is 0 Å². The van der Waals surface area contributed by atoms with E-state index < -0.39 is 0 Å². The Labute approximate surface area is 55.7 Å². The lowest BCUT2D eigenvalue weighted by atomic mass is 10.4. The molecule has 1 rings (SSSR count). The highest BCUT2D eigenvalue weighted by Gasteiger charge is 1.94. The molecule has 0 fully saturated rings. The number of nitrogens with one attached hydrogen (secondary N) is 1. The highest BCUT2D eigenvalue weighted by atomic mass is 79.9. The van der Waals surface area contributed by atoms with Gasteiger partial charge in [0.15, 0.2) is 0 Å². The van der Waals surface area contributed by atoms with Crippen LogP contribution in [0.15, 0.2) is 16.9 Å². The molecular formula is C5H6BrNO. The number of aromatic amines is 1. The third kappa shape index (κ3) is 0.928. The van der Waals surface area contributed by atoms with Gasteiger partial charge in [-0.2, -0.15) is 0 Å². The fourth-order valence-corrected chi connectivity index (χ4v) is 0.870. The van der Waals surface area contributed by atoms with Crippen LogP contribution in [-0.4, -0.2) is 10.1 Å². The predicted molar refractivity (Wildman–Crippen MR) is 34.4 cm³/mol. The number of rotatable bonds is 1. The molecule has 8 heavy (non-hydrogen) atoms. The van der Waals surface area contributed by atoms with Gasteiger partial charge in [0.2, 0.25) is 0 Å². The van der Waals surface area contributed by atoms with Gasteiger partial charge in [0.1, 0.15) is 0 Å². The predicted octanol–water partition coefficient (Wildman–Crippen LogP) is 1.27. The molecule has 2 N–H and O–H groups in total. The van der Waals surface area contributed by atoms with Gasteiger partial charge in [0.05, 0.1) is 6.61 Å². The number of hydrogen-bond acceptors (Lipinski definition) is 1. The minimum Gasteiger partial charge on any atom is -0.392 e. The maximum absolute atomic E-state index is 8.56. The number of aromatic nitrogens is 1. The summed E-state index contributed by atoms with van der Waals surface area (Å²) in [5.41, 5.74) is 0.894. The molecule has 0 saturated carbocycles. The molecule has 1 heterocycles. The average molecular weight is 176 g/mol. The quantitative estimate of drug-likeness (QED) is 0.663. The Bertz CT molecular complexity index is 173. The summed E-state index contributed by atoms with van der Waals surface area (Å²) in [4.78, 5) is 2.84. The van der Waals surface area contributed by atoms with E-state index in [0.717, 1.165) is 10.0 Å². The van der Waals surface area contributed by atoms with E-state index in [1.165, 1.54) is 0 Å². The van der Waals surface area contributed by atoms with Crippen LogP contribution in [0.5, 0.6) is 0 Å². The van der Waals surface area contributed by atoms with Crippen molar-refractivity contribution in [3.63, 3.8) is 0 Å². The van der Waals surface area contributed by atoms with Gasteiger partial charge < -0.3 is 10.1 Å². The maximum Gasteiger partial charge on any atom is 0.0707 e. The van der Waals surface area contributed by atoms with E-state index >= 15 is 0 Å².